The standard InChI is InChI=1S/C19H31N5.HI/c1-14(2)8-6-9-15(3)22-19(20)21-13-7-12-18-23-16-10-4-5-11-17(16)24-18;/h4-5,10-11,14-15H,6-9,12-13H2,1-3H3,(H,23,24)(H3,20,21,22);1H. The van der Waals surface area contributed by atoms with Gasteiger partial charge < -0.3 is 16.0 Å². The highest BCUT2D eigenvalue weighted by atomic mass is 127. The van der Waals surface area contributed by atoms with Crippen molar-refractivity contribution in [3.63, 3.8) is 0 Å². The van der Waals surface area contributed by atoms with E-state index in [9.17, 15) is 0 Å². The van der Waals surface area contributed by atoms with Crippen LogP contribution in [0, 0.1) is 5.92 Å². The van der Waals surface area contributed by atoms with Gasteiger partial charge in [0.2, 0.25) is 0 Å². The van der Waals surface area contributed by atoms with Crippen LogP contribution in [0.15, 0.2) is 29.3 Å². The van der Waals surface area contributed by atoms with E-state index in [1.54, 1.807) is 0 Å². The highest BCUT2D eigenvalue weighted by Crippen LogP contribution is 2.11. The number of aryl methyl sites for hydroxylation is 1. The van der Waals surface area contributed by atoms with Gasteiger partial charge in [0, 0.05) is 19.0 Å². The lowest BCUT2D eigenvalue weighted by Gasteiger charge is -2.15. The van der Waals surface area contributed by atoms with Gasteiger partial charge in [0.05, 0.1) is 11.0 Å². The number of hydrogen-bond donors (Lipinski definition) is 3. The Kier molecular flexibility index (Phi) is 9.85. The van der Waals surface area contributed by atoms with Gasteiger partial charge in [0.15, 0.2) is 5.96 Å². The van der Waals surface area contributed by atoms with E-state index in [1.165, 1.54) is 12.8 Å². The van der Waals surface area contributed by atoms with Crippen molar-refractivity contribution in [3.05, 3.63) is 30.1 Å². The zero-order valence-electron chi connectivity index (χ0n) is 15.6. The maximum absolute atomic E-state index is 5.96. The van der Waals surface area contributed by atoms with Crippen LogP contribution in [0.2, 0.25) is 0 Å². The van der Waals surface area contributed by atoms with Crippen molar-refractivity contribution in [2.45, 2.75) is 58.9 Å². The molecule has 5 nitrogen and oxygen atoms in total. The molecule has 1 atom stereocenters. The number of H-pyrrole nitrogens is 1. The fourth-order valence-corrected chi connectivity index (χ4v) is 2.77. The highest BCUT2D eigenvalue weighted by Gasteiger charge is 2.04. The lowest BCUT2D eigenvalue weighted by Crippen LogP contribution is -2.38. The number of aromatic amines is 1. The van der Waals surface area contributed by atoms with Crippen LogP contribution in [0.5, 0.6) is 0 Å². The number of hydrogen-bond acceptors (Lipinski definition) is 2. The third kappa shape index (κ3) is 8.07. The van der Waals surface area contributed by atoms with Crippen LogP contribution in [-0.2, 0) is 6.42 Å². The Hall–Kier alpha value is -1.31. The molecule has 2 rings (SSSR count). The number of para-hydroxylation sites is 2. The summed E-state index contributed by atoms with van der Waals surface area (Å²) in [6.45, 7) is 7.40. The van der Waals surface area contributed by atoms with E-state index in [2.05, 4.69) is 41.0 Å². The fraction of sp³-hybridized carbons (Fsp3) is 0.579. The largest absolute Gasteiger partial charge is 0.370 e. The van der Waals surface area contributed by atoms with Gasteiger partial charge in [-0.25, -0.2) is 4.98 Å². The van der Waals surface area contributed by atoms with Gasteiger partial charge in [0.25, 0.3) is 0 Å². The number of fused-ring (bicyclic) bond motifs is 1. The molecule has 4 N–H and O–H groups in total. The highest BCUT2D eigenvalue weighted by molar-refractivity contribution is 14.0. The molecule has 6 heteroatoms. The number of guanidine groups is 1. The first-order valence-electron chi connectivity index (χ1n) is 9.04. The van der Waals surface area contributed by atoms with E-state index >= 15 is 0 Å². The maximum atomic E-state index is 5.96. The molecule has 1 aromatic carbocycles. The van der Waals surface area contributed by atoms with Crippen LogP contribution in [0.4, 0.5) is 0 Å². The normalized spacial score (nSPS) is 13.0. The third-order valence-corrected chi connectivity index (χ3v) is 4.11. The first-order chi connectivity index (χ1) is 11.5. The van der Waals surface area contributed by atoms with Crippen LogP contribution in [0.3, 0.4) is 0 Å². The van der Waals surface area contributed by atoms with Crippen molar-refractivity contribution in [1.29, 1.82) is 0 Å². The van der Waals surface area contributed by atoms with Gasteiger partial charge in [-0.15, -0.1) is 24.0 Å². The second kappa shape index (κ2) is 11.3. The average Bonchev–Trinajstić information content (AvgIpc) is 2.94. The molecule has 1 aromatic heterocycles. The van der Waals surface area contributed by atoms with Crippen molar-refractivity contribution >= 4 is 41.0 Å². The number of imidazole rings is 1. The van der Waals surface area contributed by atoms with Crippen LogP contribution in [-0.4, -0.2) is 28.5 Å². The Balaban J connectivity index is 0.00000312. The molecule has 1 heterocycles. The second-order valence-electron chi connectivity index (χ2n) is 6.94. The smallest absolute Gasteiger partial charge is 0.188 e. The summed E-state index contributed by atoms with van der Waals surface area (Å²) in [5.74, 6) is 2.33. The molecule has 0 radical (unpaired) electrons. The van der Waals surface area contributed by atoms with Crippen molar-refractivity contribution in [2.24, 2.45) is 16.6 Å². The summed E-state index contributed by atoms with van der Waals surface area (Å²) in [6, 6.07) is 8.47. The monoisotopic (exact) mass is 457 g/mol. The molecule has 1 unspecified atom stereocenters. The Morgan fingerprint density at radius 3 is 2.68 bits per heavy atom. The summed E-state index contributed by atoms with van der Waals surface area (Å²) in [5.41, 5.74) is 8.07. The number of nitrogens with zero attached hydrogens (tertiary/aromatic N) is 2. The van der Waals surface area contributed by atoms with E-state index in [0.29, 0.717) is 18.5 Å². The van der Waals surface area contributed by atoms with E-state index in [1.807, 2.05) is 24.3 Å². The van der Waals surface area contributed by atoms with E-state index in [-0.39, 0.29) is 24.0 Å². The third-order valence-electron chi connectivity index (χ3n) is 4.11. The van der Waals surface area contributed by atoms with Crippen molar-refractivity contribution in [1.82, 2.24) is 15.3 Å². The number of benzene rings is 1. The Morgan fingerprint density at radius 2 is 1.96 bits per heavy atom. The molecular weight excluding hydrogens is 425 g/mol. The Bertz CT molecular complexity index is 617. The minimum atomic E-state index is 0. The predicted molar refractivity (Wildman–Crippen MR) is 118 cm³/mol. The van der Waals surface area contributed by atoms with Crippen LogP contribution >= 0.6 is 24.0 Å². The van der Waals surface area contributed by atoms with E-state index in [4.69, 9.17) is 5.73 Å². The number of halogens is 1. The zero-order chi connectivity index (χ0) is 17.4. The molecule has 25 heavy (non-hydrogen) atoms. The number of aromatic nitrogens is 2. The molecule has 2 aromatic rings. The summed E-state index contributed by atoms with van der Waals surface area (Å²) < 4.78 is 0. The second-order valence-corrected chi connectivity index (χ2v) is 6.94. The van der Waals surface area contributed by atoms with Crippen molar-refractivity contribution in [3.8, 4) is 0 Å². The molecule has 0 amide bonds. The molecule has 0 saturated carbocycles. The Morgan fingerprint density at radius 1 is 1.20 bits per heavy atom. The van der Waals surface area contributed by atoms with Gasteiger partial charge in [-0.1, -0.05) is 38.8 Å². The molecule has 0 aliphatic heterocycles. The molecule has 0 fully saturated rings. The van der Waals surface area contributed by atoms with E-state index in [0.717, 1.165) is 42.0 Å². The quantitative estimate of drug-likeness (QED) is 0.228. The molecule has 0 saturated heterocycles. The first-order valence-corrected chi connectivity index (χ1v) is 9.04. The lowest BCUT2D eigenvalue weighted by atomic mass is 10.0. The van der Waals surface area contributed by atoms with Gasteiger partial charge >= 0.3 is 0 Å². The molecule has 140 valence electrons. The first kappa shape index (κ1) is 21.7. The average molecular weight is 457 g/mol. The number of nitrogens with two attached hydrogens (primary N) is 1. The van der Waals surface area contributed by atoms with Crippen molar-refractivity contribution in [2.75, 3.05) is 6.54 Å². The van der Waals surface area contributed by atoms with Gasteiger partial charge in [-0.05, 0) is 37.8 Å². The van der Waals surface area contributed by atoms with Crippen molar-refractivity contribution < 1.29 is 0 Å². The van der Waals surface area contributed by atoms with Gasteiger partial charge in [-0.3, -0.25) is 4.99 Å². The molecule has 0 spiro atoms. The minimum absolute atomic E-state index is 0. The zero-order valence-corrected chi connectivity index (χ0v) is 17.9. The predicted octanol–water partition coefficient (Wildman–Crippen LogP) is 4.23. The number of nitrogens with one attached hydrogen (secondary N) is 2. The minimum Gasteiger partial charge on any atom is -0.370 e. The molecular formula is C19H32IN5. The Labute approximate surface area is 168 Å². The summed E-state index contributed by atoms with van der Waals surface area (Å²) in [5, 5.41) is 3.28. The molecule has 0 bridgehead atoms. The SMILES string of the molecule is CC(C)CCCC(C)NC(N)=NCCCc1nc2ccccc2[nH]1.I. The molecule has 0 aliphatic rings. The summed E-state index contributed by atoms with van der Waals surface area (Å²) in [4.78, 5) is 12.3. The van der Waals surface area contributed by atoms with Crippen LogP contribution < -0.4 is 11.1 Å². The summed E-state index contributed by atoms with van der Waals surface area (Å²) in [6.07, 6.45) is 5.44. The lowest BCUT2D eigenvalue weighted by molar-refractivity contribution is 0.493. The van der Waals surface area contributed by atoms with Gasteiger partial charge in [-0.2, -0.15) is 0 Å². The fourth-order valence-electron chi connectivity index (χ4n) is 2.77. The van der Waals surface area contributed by atoms with Gasteiger partial charge in [0.1, 0.15) is 5.82 Å². The van der Waals surface area contributed by atoms with Crippen LogP contribution in [0.25, 0.3) is 11.0 Å². The summed E-state index contributed by atoms with van der Waals surface area (Å²) >= 11 is 0. The van der Waals surface area contributed by atoms with Crippen LogP contribution in [0.1, 0.15) is 52.3 Å². The number of rotatable bonds is 9. The van der Waals surface area contributed by atoms with E-state index < -0.39 is 0 Å². The summed E-state index contributed by atoms with van der Waals surface area (Å²) in [7, 11) is 0. The maximum Gasteiger partial charge on any atom is 0.188 e. The molecule has 0 aliphatic carbocycles. The topological polar surface area (TPSA) is 79.1 Å². The number of aliphatic imine (C=N–C) groups is 1.